The Morgan fingerprint density at radius 2 is 1.68 bits per heavy atom. The highest BCUT2D eigenvalue weighted by molar-refractivity contribution is 6.55. The van der Waals surface area contributed by atoms with Gasteiger partial charge < -0.3 is 19.1 Å². The van der Waals surface area contributed by atoms with Gasteiger partial charge in [0, 0.05) is 11.1 Å². The number of hydrogen-bond acceptors (Lipinski definition) is 5. The van der Waals surface area contributed by atoms with Crippen molar-refractivity contribution in [3.63, 3.8) is 0 Å². The van der Waals surface area contributed by atoms with Crippen LogP contribution in [-0.2, 0) is 11.2 Å². The van der Waals surface area contributed by atoms with Gasteiger partial charge in [0.2, 0.25) is 5.75 Å². The first-order chi connectivity index (χ1) is 18.2. The van der Waals surface area contributed by atoms with Gasteiger partial charge in [-0.3, -0.25) is 4.79 Å². The van der Waals surface area contributed by atoms with E-state index in [9.17, 15) is 4.79 Å². The molecule has 38 heavy (non-hydrogen) atoms. The van der Waals surface area contributed by atoms with E-state index >= 15 is 0 Å². The van der Waals surface area contributed by atoms with Crippen LogP contribution in [0.25, 0.3) is 5.57 Å². The second-order valence-corrected chi connectivity index (χ2v) is 10.6. The van der Waals surface area contributed by atoms with Gasteiger partial charge in [-0.15, -0.1) is 0 Å². The van der Waals surface area contributed by atoms with Crippen molar-refractivity contribution in [3.05, 3.63) is 83.4 Å². The maximum Gasteiger partial charge on any atom is 0.278 e. The fourth-order valence-electron chi connectivity index (χ4n) is 5.85. The Bertz CT molecular complexity index is 1430. The van der Waals surface area contributed by atoms with Crippen molar-refractivity contribution in [2.45, 2.75) is 45.1 Å². The Hall–Kier alpha value is -4.06. The molecule has 0 N–H and O–H groups in total. The van der Waals surface area contributed by atoms with Crippen LogP contribution >= 0.6 is 0 Å². The first-order valence-corrected chi connectivity index (χ1v) is 12.8. The normalized spacial score (nSPS) is 18.4. The minimum atomic E-state index is -0.298. The number of hydrogen-bond donors (Lipinski definition) is 0. The van der Waals surface area contributed by atoms with Crippen LogP contribution < -0.4 is 19.1 Å². The summed E-state index contributed by atoms with van der Waals surface area (Å²) < 4.78 is 16.6. The molecule has 3 aromatic rings. The molecule has 2 aliphatic rings. The third kappa shape index (κ3) is 4.24. The first-order valence-electron chi connectivity index (χ1n) is 12.8. The van der Waals surface area contributed by atoms with E-state index in [1.807, 2.05) is 47.4 Å². The standard InChI is InChI=1S/C32H34N2O4/c1-19(22-16-26(36-5)30(38-7)27(17-22)37-6)13-21-14-24-20(2)18-32(3,4)34-29(24)25(15-21)28(31(34)35)33-23-11-9-8-10-12-23/h8-12,14-17,20H,1,13,18H2,2-7H3. The summed E-state index contributed by atoms with van der Waals surface area (Å²) in [5, 5.41) is 0. The molecular formula is C32H34N2O4. The van der Waals surface area contributed by atoms with Gasteiger partial charge in [0.15, 0.2) is 11.5 Å². The number of ether oxygens (including phenoxy) is 3. The molecule has 196 valence electrons. The molecule has 0 saturated carbocycles. The van der Waals surface area contributed by atoms with Crippen LogP contribution in [0.4, 0.5) is 11.4 Å². The highest BCUT2D eigenvalue weighted by Crippen LogP contribution is 2.50. The van der Waals surface area contributed by atoms with Gasteiger partial charge >= 0.3 is 0 Å². The van der Waals surface area contributed by atoms with Gasteiger partial charge in [-0.1, -0.05) is 37.8 Å². The molecule has 2 aliphatic heterocycles. The Kier molecular flexibility index (Phi) is 6.51. The summed E-state index contributed by atoms with van der Waals surface area (Å²) in [6.07, 6.45) is 1.48. The molecule has 5 rings (SSSR count). The third-order valence-corrected chi connectivity index (χ3v) is 7.51. The van der Waals surface area contributed by atoms with Crippen molar-refractivity contribution in [2.75, 3.05) is 26.2 Å². The molecule has 0 aromatic heterocycles. The van der Waals surface area contributed by atoms with Crippen molar-refractivity contribution in [1.82, 2.24) is 0 Å². The summed E-state index contributed by atoms with van der Waals surface area (Å²) >= 11 is 0. The first kappa shape index (κ1) is 25.6. The summed E-state index contributed by atoms with van der Waals surface area (Å²) in [6, 6.07) is 17.8. The number of nitrogens with zero attached hydrogens (tertiary/aromatic N) is 2. The molecule has 6 nitrogen and oxygen atoms in total. The molecule has 0 radical (unpaired) electrons. The molecular weight excluding hydrogens is 476 g/mol. The molecule has 3 aromatic carbocycles. The van der Waals surface area contributed by atoms with Crippen LogP contribution in [0.15, 0.2) is 66.2 Å². The van der Waals surface area contributed by atoms with Crippen LogP contribution in [-0.4, -0.2) is 38.5 Å². The summed E-state index contributed by atoms with van der Waals surface area (Å²) in [4.78, 5) is 20.6. The molecule has 2 heterocycles. The zero-order valence-corrected chi connectivity index (χ0v) is 22.9. The van der Waals surface area contributed by atoms with Crippen LogP contribution in [0.3, 0.4) is 0 Å². The summed E-state index contributed by atoms with van der Waals surface area (Å²) in [5.74, 6) is 1.98. The minimum absolute atomic E-state index is 0.0393. The summed E-state index contributed by atoms with van der Waals surface area (Å²) in [6.45, 7) is 10.9. The molecule has 6 heteroatoms. The Balaban J connectivity index is 1.60. The van der Waals surface area contributed by atoms with Gasteiger partial charge in [0.25, 0.3) is 5.91 Å². The summed E-state index contributed by atoms with van der Waals surface area (Å²) in [5.41, 5.74) is 6.92. The lowest BCUT2D eigenvalue weighted by atomic mass is 9.79. The Morgan fingerprint density at radius 3 is 2.29 bits per heavy atom. The maximum atomic E-state index is 13.8. The summed E-state index contributed by atoms with van der Waals surface area (Å²) in [7, 11) is 4.80. The van der Waals surface area contributed by atoms with Crippen molar-refractivity contribution < 1.29 is 19.0 Å². The van der Waals surface area contributed by atoms with Gasteiger partial charge in [-0.05, 0) is 85.2 Å². The van der Waals surface area contributed by atoms with Gasteiger partial charge in [-0.25, -0.2) is 4.99 Å². The molecule has 0 spiro atoms. The minimum Gasteiger partial charge on any atom is -0.493 e. The molecule has 1 amide bonds. The van der Waals surface area contributed by atoms with Gasteiger partial charge in [0.1, 0.15) is 5.71 Å². The predicted octanol–water partition coefficient (Wildman–Crippen LogP) is 6.72. The molecule has 1 atom stereocenters. The zero-order chi connectivity index (χ0) is 27.2. The molecule has 1 unspecified atom stereocenters. The number of benzene rings is 3. The number of aliphatic imine (C=N–C) groups is 1. The van der Waals surface area contributed by atoms with Crippen molar-refractivity contribution in [3.8, 4) is 17.2 Å². The lowest BCUT2D eigenvalue weighted by Crippen LogP contribution is -2.50. The van der Waals surface area contributed by atoms with E-state index in [-0.39, 0.29) is 11.4 Å². The monoisotopic (exact) mass is 510 g/mol. The highest BCUT2D eigenvalue weighted by atomic mass is 16.5. The van der Waals surface area contributed by atoms with E-state index in [1.54, 1.807) is 21.3 Å². The lowest BCUT2D eigenvalue weighted by Gasteiger charge is -2.43. The zero-order valence-electron chi connectivity index (χ0n) is 22.9. The average molecular weight is 511 g/mol. The fraction of sp³-hybridized carbons (Fsp3) is 0.312. The number of rotatable bonds is 7. The largest absolute Gasteiger partial charge is 0.493 e. The van der Waals surface area contributed by atoms with Crippen molar-refractivity contribution in [2.24, 2.45) is 4.99 Å². The van der Waals surface area contributed by atoms with Crippen molar-refractivity contribution in [1.29, 1.82) is 0 Å². The number of carbonyl (C=O) groups excluding carboxylic acids is 1. The van der Waals surface area contributed by atoms with Gasteiger partial charge in [-0.2, -0.15) is 0 Å². The average Bonchev–Trinajstić information content (AvgIpc) is 3.18. The highest BCUT2D eigenvalue weighted by Gasteiger charge is 2.48. The van der Waals surface area contributed by atoms with E-state index in [0.29, 0.717) is 35.3 Å². The van der Waals surface area contributed by atoms with E-state index in [1.165, 1.54) is 5.56 Å². The number of anilines is 1. The quantitative estimate of drug-likeness (QED) is 0.354. The molecule has 0 bridgehead atoms. The molecule has 0 fully saturated rings. The Morgan fingerprint density at radius 1 is 1.03 bits per heavy atom. The predicted molar refractivity (Wildman–Crippen MR) is 153 cm³/mol. The second-order valence-electron chi connectivity index (χ2n) is 10.6. The van der Waals surface area contributed by atoms with E-state index in [0.717, 1.165) is 40.1 Å². The molecule has 0 saturated heterocycles. The number of para-hydroxylation sites is 1. The smallest absolute Gasteiger partial charge is 0.278 e. The number of allylic oxidation sites excluding steroid dienone is 1. The van der Waals surface area contributed by atoms with E-state index < -0.39 is 0 Å². The fourth-order valence-corrected chi connectivity index (χ4v) is 5.85. The van der Waals surface area contributed by atoms with Crippen molar-refractivity contribution >= 4 is 28.6 Å². The van der Waals surface area contributed by atoms with E-state index in [4.69, 9.17) is 19.2 Å². The van der Waals surface area contributed by atoms with Crippen LogP contribution in [0.1, 0.15) is 55.4 Å². The molecule has 0 aliphatic carbocycles. The second kappa shape index (κ2) is 9.67. The Labute approximate surface area is 224 Å². The topological polar surface area (TPSA) is 60.4 Å². The van der Waals surface area contributed by atoms with E-state index in [2.05, 4.69) is 39.5 Å². The third-order valence-electron chi connectivity index (χ3n) is 7.51. The number of amides is 1. The lowest BCUT2D eigenvalue weighted by molar-refractivity contribution is -0.113. The maximum absolute atomic E-state index is 13.8. The SMILES string of the molecule is C=C(Cc1cc2c3c(c1)C(C)CC(C)(C)N3C(=O)C2=Nc1ccccc1)c1cc(OC)c(OC)c(OC)c1. The van der Waals surface area contributed by atoms with Gasteiger partial charge in [0.05, 0.1) is 32.7 Å². The number of carbonyl (C=O) groups is 1. The van der Waals surface area contributed by atoms with Crippen LogP contribution in [0.5, 0.6) is 17.2 Å². The van der Waals surface area contributed by atoms with Crippen LogP contribution in [0.2, 0.25) is 0 Å². The number of methoxy groups -OCH3 is 3. The van der Waals surface area contributed by atoms with Crippen LogP contribution in [0, 0.1) is 0 Å².